The van der Waals surface area contributed by atoms with Gasteiger partial charge in [-0.25, -0.2) is 0 Å². The minimum absolute atomic E-state index is 0.415. The SMILES string of the molecule is CCCNCC(CCC)n1nc(C)c(Cl)c1C. The van der Waals surface area contributed by atoms with Crippen LogP contribution in [0, 0.1) is 13.8 Å². The lowest BCUT2D eigenvalue weighted by atomic mass is 10.1. The number of aryl methyl sites for hydroxylation is 1. The highest BCUT2D eigenvalue weighted by molar-refractivity contribution is 6.31. The van der Waals surface area contributed by atoms with E-state index in [-0.39, 0.29) is 0 Å². The van der Waals surface area contributed by atoms with Gasteiger partial charge in [0.2, 0.25) is 0 Å². The van der Waals surface area contributed by atoms with Crippen LogP contribution < -0.4 is 5.32 Å². The molecule has 0 amide bonds. The van der Waals surface area contributed by atoms with Crippen LogP contribution in [-0.2, 0) is 0 Å². The third-order valence-corrected chi connectivity index (χ3v) is 3.56. The second-order valence-corrected chi connectivity index (χ2v) is 4.95. The molecule has 0 saturated heterocycles. The molecule has 0 saturated carbocycles. The highest BCUT2D eigenvalue weighted by atomic mass is 35.5. The molecule has 1 heterocycles. The van der Waals surface area contributed by atoms with E-state index in [1.807, 2.05) is 13.8 Å². The predicted octanol–water partition coefficient (Wildman–Crippen LogP) is 3.49. The van der Waals surface area contributed by atoms with Crippen molar-refractivity contribution in [2.75, 3.05) is 13.1 Å². The van der Waals surface area contributed by atoms with E-state index in [2.05, 4.69) is 28.9 Å². The van der Waals surface area contributed by atoms with E-state index in [1.165, 1.54) is 0 Å². The molecule has 0 bridgehead atoms. The van der Waals surface area contributed by atoms with Crippen molar-refractivity contribution in [1.82, 2.24) is 15.1 Å². The van der Waals surface area contributed by atoms with Crippen LogP contribution in [-0.4, -0.2) is 22.9 Å². The molecular weight excluding hydrogens is 234 g/mol. The van der Waals surface area contributed by atoms with Gasteiger partial charge in [0.05, 0.1) is 22.5 Å². The van der Waals surface area contributed by atoms with Crippen molar-refractivity contribution < 1.29 is 0 Å². The predicted molar refractivity (Wildman–Crippen MR) is 73.8 cm³/mol. The summed E-state index contributed by atoms with van der Waals surface area (Å²) in [7, 11) is 0. The molecule has 0 aromatic carbocycles. The molecule has 0 aliphatic rings. The Bertz CT molecular complexity index is 347. The number of halogens is 1. The molecule has 0 spiro atoms. The van der Waals surface area contributed by atoms with Gasteiger partial charge in [-0.1, -0.05) is 31.9 Å². The molecule has 0 aliphatic carbocycles. The molecule has 1 unspecified atom stereocenters. The normalized spacial score (nSPS) is 13.0. The van der Waals surface area contributed by atoms with E-state index in [9.17, 15) is 0 Å². The summed E-state index contributed by atoms with van der Waals surface area (Å²) in [4.78, 5) is 0. The lowest BCUT2D eigenvalue weighted by molar-refractivity contribution is 0.388. The molecule has 1 atom stereocenters. The van der Waals surface area contributed by atoms with Crippen molar-refractivity contribution in [1.29, 1.82) is 0 Å². The number of nitrogens with one attached hydrogen (secondary N) is 1. The molecule has 0 radical (unpaired) electrons. The number of nitrogens with zero attached hydrogens (tertiary/aromatic N) is 2. The second kappa shape index (κ2) is 7.02. The molecule has 1 aromatic heterocycles. The molecule has 1 rings (SSSR count). The molecule has 0 fully saturated rings. The van der Waals surface area contributed by atoms with E-state index < -0.39 is 0 Å². The maximum absolute atomic E-state index is 6.20. The Kier molecular flexibility index (Phi) is 6.00. The summed E-state index contributed by atoms with van der Waals surface area (Å²) in [6.07, 6.45) is 3.46. The van der Waals surface area contributed by atoms with Crippen molar-refractivity contribution >= 4 is 11.6 Å². The van der Waals surface area contributed by atoms with E-state index in [0.29, 0.717) is 6.04 Å². The van der Waals surface area contributed by atoms with Crippen molar-refractivity contribution in [3.63, 3.8) is 0 Å². The van der Waals surface area contributed by atoms with Gasteiger partial charge in [0, 0.05) is 6.54 Å². The summed E-state index contributed by atoms with van der Waals surface area (Å²) < 4.78 is 2.09. The topological polar surface area (TPSA) is 29.9 Å². The fourth-order valence-corrected chi connectivity index (χ4v) is 2.21. The van der Waals surface area contributed by atoms with Gasteiger partial charge < -0.3 is 5.32 Å². The zero-order chi connectivity index (χ0) is 12.8. The van der Waals surface area contributed by atoms with Gasteiger partial charge in [-0.15, -0.1) is 0 Å². The van der Waals surface area contributed by atoms with Crippen LogP contribution >= 0.6 is 11.6 Å². The highest BCUT2D eigenvalue weighted by Gasteiger charge is 2.16. The van der Waals surface area contributed by atoms with Gasteiger partial charge in [0.1, 0.15) is 0 Å². The van der Waals surface area contributed by atoms with Crippen molar-refractivity contribution in [3.8, 4) is 0 Å². The molecule has 1 aromatic rings. The van der Waals surface area contributed by atoms with Gasteiger partial charge in [-0.3, -0.25) is 4.68 Å². The van der Waals surface area contributed by atoms with Crippen LogP contribution in [0.4, 0.5) is 0 Å². The van der Waals surface area contributed by atoms with Gasteiger partial charge in [-0.05, 0) is 33.2 Å². The standard InChI is InChI=1S/C13H24ClN3/c1-5-7-12(9-15-8-6-2)17-11(4)13(14)10(3)16-17/h12,15H,5-9H2,1-4H3. The zero-order valence-electron chi connectivity index (χ0n) is 11.4. The number of aromatic nitrogens is 2. The van der Waals surface area contributed by atoms with Crippen LogP contribution in [0.25, 0.3) is 0 Å². The molecule has 1 N–H and O–H groups in total. The van der Waals surface area contributed by atoms with E-state index in [1.54, 1.807) is 0 Å². The Morgan fingerprint density at radius 2 is 2.00 bits per heavy atom. The Hall–Kier alpha value is -0.540. The van der Waals surface area contributed by atoms with Gasteiger partial charge in [0.25, 0.3) is 0 Å². The second-order valence-electron chi connectivity index (χ2n) is 4.58. The largest absolute Gasteiger partial charge is 0.315 e. The van der Waals surface area contributed by atoms with E-state index in [4.69, 9.17) is 11.6 Å². The fourth-order valence-electron chi connectivity index (χ4n) is 2.09. The summed E-state index contributed by atoms with van der Waals surface area (Å²) in [5, 5.41) is 8.83. The minimum Gasteiger partial charge on any atom is -0.315 e. The maximum Gasteiger partial charge on any atom is 0.0844 e. The Balaban J connectivity index is 2.77. The number of hydrogen-bond donors (Lipinski definition) is 1. The van der Waals surface area contributed by atoms with Crippen LogP contribution in [0.15, 0.2) is 0 Å². The van der Waals surface area contributed by atoms with Crippen molar-refractivity contribution in [3.05, 3.63) is 16.4 Å². The van der Waals surface area contributed by atoms with Gasteiger partial charge in [-0.2, -0.15) is 5.10 Å². The third-order valence-electron chi connectivity index (χ3n) is 3.01. The van der Waals surface area contributed by atoms with Crippen LogP contribution in [0.5, 0.6) is 0 Å². The Morgan fingerprint density at radius 3 is 2.47 bits per heavy atom. The average molecular weight is 258 g/mol. The zero-order valence-corrected chi connectivity index (χ0v) is 12.1. The first-order valence-corrected chi connectivity index (χ1v) is 6.91. The lowest BCUT2D eigenvalue weighted by Crippen LogP contribution is -2.27. The molecule has 98 valence electrons. The van der Waals surface area contributed by atoms with Crippen molar-refractivity contribution in [2.24, 2.45) is 0 Å². The average Bonchev–Trinajstić information content (AvgIpc) is 2.56. The molecular formula is C13H24ClN3. The minimum atomic E-state index is 0.415. The Labute approximate surface area is 110 Å². The summed E-state index contributed by atoms with van der Waals surface area (Å²) in [5.74, 6) is 0. The molecule has 17 heavy (non-hydrogen) atoms. The first-order chi connectivity index (χ1) is 8.11. The smallest absolute Gasteiger partial charge is 0.0844 e. The summed E-state index contributed by atoms with van der Waals surface area (Å²) >= 11 is 6.20. The quantitative estimate of drug-likeness (QED) is 0.758. The van der Waals surface area contributed by atoms with E-state index >= 15 is 0 Å². The third kappa shape index (κ3) is 3.71. The number of rotatable bonds is 7. The first kappa shape index (κ1) is 14.5. The number of hydrogen-bond acceptors (Lipinski definition) is 2. The van der Waals surface area contributed by atoms with Crippen LogP contribution in [0.1, 0.15) is 50.5 Å². The lowest BCUT2D eigenvalue weighted by Gasteiger charge is -2.19. The van der Waals surface area contributed by atoms with Crippen LogP contribution in [0.3, 0.4) is 0 Å². The Morgan fingerprint density at radius 1 is 1.29 bits per heavy atom. The maximum atomic E-state index is 6.20. The molecule has 0 aliphatic heterocycles. The van der Waals surface area contributed by atoms with Gasteiger partial charge >= 0.3 is 0 Å². The van der Waals surface area contributed by atoms with Crippen molar-refractivity contribution in [2.45, 2.75) is 53.0 Å². The first-order valence-electron chi connectivity index (χ1n) is 6.53. The molecule has 3 nitrogen and oxygen atoms in total. The van der Waals surface area contributed by atoms with E-state index in [0.717, 1.165) is 48.8 Å². The summed E-state index contributed by atoms with van der Waals surface area (Å²) in [6.45, 7) is 10.4. The summed E-state index contributed by atoms with van der Waals surface area (Å²) in [5.41, 5.74) is 2.02. The van der Waals surface area contributed by atoms with Gasteiger partial charge in [0.15, 0.2) is 0 Å². The molecule has 4 heteroatoms. The monoisotopic (exact) mass is 257 g/mol. The van der Waals surface area contributed by atoms with Crippen LogP contribution in [0.2, 0.25) is 5.02 Å². The highest BCUT2D eigenvalue weighted by Crippen LogP contribution is 2.24. The summed E-state index contributed by atoms with van der Waals surface area (Å²) in [6, 6.07) is 0.415. The fraction of sp³-hybridized carbons (Fsp3) is 0.769.